The second-order valence-electron chi connectivity index (χ2n) is 33.0. The number of aliphatic hydroxyl groups excluding tert-OH is 1. The molecule has 0 aromatic heterocycles. The maximum Gasteiger partial charge on any atom is 0.410 e. The smallest absolute Gasteiger partial charge is 0.410 e. The Labute approximate surface area is 779 Å². The number of ether oxygens (including phenoxy) is 17. The molecule has 2 N–H and O–H groups in total. The Bertz CT molecular complexity index is 5000. The molecule has 0 spiro atoms. The lowest BCUT2D eigenvalue weighted by Crippen LogP contribution is -2.60. The second kappa shape index (κ2) is 48.4. The van der Waals surface area contributed by atoms with E-state index in [4.69, 9.17) is 121 Å². The minimum absolute atomic E-state index is 0.0305. The Kier molecular flexibility index (Phi) is 36.4. The van der Waals surface area contributed by atoms with Crippen LogP contribution in [0, 0.1) is 35.0 Å². The number of fused-ring (bicyclic) bond motifs is 2. The SMILES string of the molecule is CCC1O[C@@H](OCCN(Cc2ccccc2)C(=O)OCc2ccccc2)C(OC(=O)c2ccccc2)[C@@H](C)[C@@H]1O.CCC1O[C@@H](OCCN(Cc2ccccc2)C(=O)OCc2ccccc2)C(OC(=O)c2ccccc2)[C@@H](C)[C@@H]1O[C@@H]1OC2COC(c3ccccc3)O[C@H]2[C@H](C)C1C.C[C@@H]1C(OC(=O)c2ccccc2)[C@H](OC(=N)C(Cl)(Cl)Cl)OC2COC(c3ccccc3)O[C@H]21. The van der Waals surface area contributed by atoms with Crippen LogP contribution in [-0.2, 0) is 107 Å². The third-order valence-corrected chi connectivity index (χ3v) is 24.5. The number of amides is 2. The molecule has 29 heteroatoms. The molecule has 0 saturated carbocycles. The summed E-state index contributed by atoms with van der Waals surface area (Å²) < 4.78 is 102. The van der Waals surface area contributed by atoms with E-state index in [1.165, 1.54) is 0 Å². The zero-order valence-electron chi connectivity index (χ0n) is 74.1. The molecule has 15 rings (SSSR count). The summed E-state index contributed by atoms with van der Waals surface area (Å²) >= 11 is 17.3. The van der Waals surface area contributed by atoms with Crippen molar-refractivity contribution in [3.8, 4) is 0 Å². The number of nitrogens with one attached hydrogen (secondary N) is 1. The summed E-state index contributed by atoms with van der Waals surface area (Å²) in [5.41, 5.74) is 6.68. The van der Waals surface area contributed by atoms with Crippen molar-refractivity contribution in [2.24, 2.45) is 29.6 Å². The van der Waals surface area contributed by atoms with Crippen LogP contribution in [0.2, 0.25) is 0 Å². The average Bonchev–Trinajstić information content (AvgIpc) is 0.776. The lowest BCUT2D eigenvalue weighted by atomic mass is 9.83. The average molecular weight is 1860 g/mol. The number of hydrogen-bond donors (Lipinski definition) is 2. The summed E-state index contributed by atoms with van der Waals surface area (Å²) in [4.78, 5) is 69.0. The quantitative estimate of drug-likeness (QED) is 0.0145. The first-order valence-electron chi connectivity index (χ1n) is 44.4. The maximum atomic E-state index is 13.6. The van der Waals surface area contributed by atoms with Gasteiger partial charge in [-0.1, -0.05) is 320 Å². The summed E-state index contributed by atoms with van der Waals surface area (Å²) in [5.74, 6) is -3.35. The predicted octanol–water partition coefficient (Wildman–Crippen LogP) is 18.6. The molecule has 6 aliphatic heterocycles. The largest absolute Gasteiger partial charge is 0.453 e. The predicted molar refractivity (Wildman–Crippen MR) is 487 cm³/mol. The van der Waals surface area contributed by atoms with E-state index in [9.17, 15) is 29.1 Å². The maximum absolute atomic E-state index is 13.6. The number of rotatable bonds is 29. The monoisotopic (exact) mass is 1850 g/mol. The zero-order chi connectivity index (χ0) is 92.3. The Morgan fingerprint density at radius 3 is 1.12 bits per heavy atom. The summed E-state index contributed by atoms with van der Waals surface area (Å²) in [6.45, 7) is 16.0. The van der Waals surface area contributed by atoms with Crippen LogP contribution in [0.1, 0.15) is 138 Å². The first kappa shape index (κ1) is 98.3. The van der Waals surface area contributed by atoms with E-state index < -0.39 is 138 Å². The van der Waals surface area contributed by atoms with Crippen LogP contribution >= 0.6 is 34.8 Å². The van der Waals surface area contributed by atoms with Gasteiger partial charge in [0.05, 0.1) is 79.7 Å². The van der Waals surface area contributed by atoms with E-state index >= 15 is 0 Å². The lowest BCUT2D eigenvalue weighted by Gasteiger charge is -2.50. The molecule has 6 saturated heterocycles. The Hall–Kier alpha value is -10.2. The summed E-state index contributed by atoms with van der Waals surface area (Å²) in [6, 6.07) is 83.9. The van der Waals surface area contributed by atoms with Crippen LogP contribution in [-0.4, -0.2) is 187 Å². The van der Waals surface area contributed by atoms with Gasteiger partial charge in [-0.15, -0.1) is 0 Å². The minimum Gasteiger partial charge on any atom is -0.453 e. The summed E-state index contributed by atoms with van der Waals surface area (Å²) in [7, 11) is 0. The first-order valence-corrected chi connectivity index (χ1v) is 45.5. The molecule has 22 atom stereocenters. The highest BCUT2D eigenvalue weighted by Gasteiger charge is 2.55. The fourth-order valence-corrected chi connectivity index (χ4v) is 16.5. The number of carbonyl (C=O) groups excluding carboxylic acids is 5. The van der Waals surface area contributed by atoms with Gasteiger partial charge in [0.15, 0.2) is 49.8 Å². The van der Waals surface area contributed by atoms with Gasteiger partial charge in [0.25, 0.3) is 3.79 Å². The van der Waals surface area contributed by atoms with E-state index in [1.807, 2.05) is 229 Å². The third kappa shape index (κ3) is 27.1. The van der Waals surface area contributed by atoms with E-state index in [1.54, 1.807) is 88.7 Å². The molecule has 2 amide bonds. The Morgan fingerprint density at radius 2 is 0.733 bits per heavy atom. The molecular formula is C102H114Cl3N3O23. The Balaban J connectivity index is 0.000000175. The molecule has 9 aromatic rings. The summed E-state index contributed by atoms with van der Waals surface area (Å²) in [5, 5.41) is 18.7. The molecule has 9 aromatic carbocycles. The van der Waals surface area contributed by atoms with Crippen LogP contribution in [0.4, 0.5) is 9.59 Å². The standard InChI is InChI=1S/C47H55NO10.C32H37NO7.C23H22Cl3NO6/c1-5-38-41(57-44-32(3)31(2)40-39(55-44)30-52-45(58-40)37-24-16-9-17-25-37)33(4)42(56-43(49)36-22-14-8-15-23-36)46(54-38)51-27-26-48(28-34-18-10-6-11-19-34)47(50)53-29-35-20-12-7-13-21-35;1-3-27-28(34)23(2)29(40-30(35)26-17-11-6-12-18-26)31(39-27)37-20-19-33(21-24-13-7-4-8-14-24)32(36)38-22-25-15-9-5-10-16-25;1-13-17-16(12-29-20(32-17)15-10-6-3-7-11-15)30-21(33-22(27)23(24,25)26)18(13)31-19(28)14-8-4-2-5-9-14/h6-25,31-33,38-42,44-46H,5,26-30H2,1-4H3;4-18,23,27-29,31,34H,3,19-22H2,1-2H3;2-11,13,16-18,20-21,27H,12H2,1H3/t31-,32?,33+,38?,39?,40+,41+,42?,44+,45?,46-;23-,27?,28-,29?,31+;13-,16?,17-,18?,20?,21-/m100/s1. The molecule has 0 radical (unpaired) electrons. The number of nitrogens with zero attached hydrogens (tertiary/aromatic N) is 2. The summed E-state index contributed by atoms with van der Waals surface area (Å²) in [6.07, 6.45) is -10.8. The number of benzene rings is 9. The van der Waals surface area contributed by atoms with Crippen molar-refractivity contribution in [1.29, 1.82) is 5.41 Å². The normalized spacial score (nSPS) is 27.3. The van der Waals surface area contributed by atoms with Gasteiger partial charge >= 0.3 is 30.1 Å². The molecule has 26 nitrogen and oxygen atoms in total. The van der Waals surface area contributed by atoms with Gasteiger partial charge in [-0.25, -0.2) is 24.0 Å². The van der Waals surface area contributed by atoms with Gasteiger partial charge < -0.3 is 95.4 Å². The van der Waals surface area contributed by atoms with Crippen molar-refractivity contribution < 1.29 is 110 Å². The zero-order valence-corrected chi connectivity index (χ0v) is 76.4. The molecule has 131 heavy (non-hydrogen) atoms. The van der Waals surface area contributed by atoms with E-state index in [-0.39, 0.29) is 82.0 Å². The number of aliphatic hydroxyl groups is 1. The van der Waals surface area contributed by atoms with Crippen molar-refractivity contribution in [3.63, 3.8) is 0 Å². The number of esters is 3. The van der Waals surface area contributed by atoms with Gasteiger partial charge in [-0.05, 0) is 77.4 Å². The fraction of sp³-hybridized carbons (Fsp3) is 0.412. The second-order valence-corrected chi connectivity index (χ2v) is 35.3. The highest BCUT2D eigenvalue weighted by Crippen LogP contribution is 2.44. The van der Waals surface area contributed by atoms with Crippen molar-refractivity contribution >= 4 is 70.8 Å². The molecule has 10 unspecified atom stereocenters. The fourth-order valence-electron chi connectivity index (χ4n) is 16.3. The topological polar surface area (TPSA) is 293 Å². The van der Waals surface area contributed by atoms with Gasteiger partial charge in [0.2, 0.25) is 12.2 Å². The minimum atomic E-state index is -2.10. The highest BCUT2D eigenvalue weighted by molar-refractivity contribution is 6.76. The van der Waals surface area contributed by atoms with Crippen LogP contribution in [0.3, 0.4) is 0 Å². The molecule has 0 aliphatic carbocycles. The lowest BCUT2D eigenvalue weighted by molar-refractivity contribution is -0.366. The molecule has 6 aliphatic rings. The number of hydrogen-bond acceptors (Lipinski definition) is 24. The number of carbonyl (C=O) groups is 5. The molecular weight excluding hydrogens is 1740 g/mol. The van der Waals surface area contributed by atoms with Crippen molar-refractivity contribution in [3.05, 3.63) is 323 Å². The van der Waals surface area contributed by atoms with Crippen molar-refractivity contribution in [2.45, 2.75) is 196 Å². The van der Waals surface area contributed by atoms with Gasteiger partial charge in [-0.2, -0.15) is 0 Å². The van der Waals surface area contributed by atoms with E-state index in [0.29, 0.717) is 49.2 Å². The van der Waals surface area contributed by atoms with Crippen LogP contribution < -0.4 is 0 Å². The van der Waals surface area contributed by atoms with Gasteiger partial charge in [0, 0.05) is 61.0 Å². The van der Waals surface area contributed by atoms with Crippen molar-refractivity contribution in [1.82, 2.24) is 9.80 Å². The van der Waals surface area contributed by atoms with Crippen molar-refractivity contribution in [2.75, 3.05) is 39.5 Å². The van der Waals surface area contributed by atoms with Crippen LogP contribution in [0.25, 0.3) is 0 Å². The molecule has 0 bridgehead atoms. The van der Waals surface area contributed by atoms with Crippen LogP contribution in [0.15, 0.2) is 273 Å². The van der Waals surface area contributed by atoms with Gasteiger partial charge in [-0.3, -0.25) is 5.41 Å². The van der Waals surface area contributed by atoms with E-state index in [2.05, 4.69) is 13.8 Å². The van der Waals surface area contributed by atoms with Gasteiger partial charge in [0.1, 0.15) is 25.4 Å². The third-order valence-electron chi connectivity index (χ3n) is 23.9. The van der Waals surface area contributed by atoms with E-state index in [0.717, 1.165) is 33.4 Å². The number of alkyl halides is 3. The molecule has 6 fully saturated rings. The molecule has 6 heterocycles. The highest BCUT2D eigenvalue weighted by atomic mass is 35.6. The van der Waals surface area contributed by atoms with Crippen LogP contribution in [0.5, 0.6) is 0 Å². The first-order chi connectivity index (χ1) is 63.5. The Morgan fingerprint density at radius 1 is 0.389 bits per heavy atom. The molecule has 696 valence electrons. The number of halogens is 3.